The van der Waals surface area contributed by atoms with Gasteiger partial charge in [0.1, 0.15) is 6.04 Å². The molecule has 126 valence electrons. The van der Waals surface area contributed by atoms with Gasteiger partial charge in [-0.05, 0) is 44.0 Å². The highest BCUT2D eigenvalue weighted by atomic mass is 16.2. The molecule has 1 heterocycles. The van der Waals surface area contributed by atoms with Gasteiger partial charge in [0.25, 0.3) is 0 Å². The summed E-state index contributed by atoms with van der Waals surface area (Å²) < 4.78 is 0. The molecule has 1 saturated heterocycles. The number of anilines is 2. The summed E-state index contributed by atoms with van der Waals surface area (Å²) in [6.07, 6.45) is 2.20. The molecule has 0 radical (unpaired) electrons. The summed E-state index contributed by atoms with van der Waals surface area (Å²) in [5, 5.41) is 6.11. The molecule has 0 spiro atoms. The number of carbonyl (C=O) groups is 2. The zero-order valence-electron chi connectivity index (χ0n) is 14.5. The molecule has 2 rings (SSSR count). The van der Waals surface area contributed by atoms with Gasteiger partial charge in [-0.2, -0.15) is 0 Å². The molecule has 1 aliphatic heterocycles. The van der Waals surface area contributed by atoms with Crippen LogP contribution in [-0.4, -0.2) is 35.8 Å². The molecule has 0 saturated carbocycles. The molecule has 2 amide bonds. The van der Waals surface area contributed by atoms with Crippen LogP contribution in [0.2, 0.25) is 0 Å². The predicted octanol–water partition coefficient (Wildman–Crippen LogP) is 3.09. The number of hydrogen-bond acceptors (Lipinski definition) is 3. The zero-order valence-corrected chi connectivity index (χ0v) is 14.5. The van der Waals surface area contributed by atoms with Gasteiger partial charge in [-0.15, -0.1) is 0 Å². The third-order valence-corrected chi connectivity index (χ3v) is 4.00. The molecule has 0 aliphatic carbocycles. The Balaban J connectivity index is 1.91. The molecule has 1 aliphatic rings. The number of carbonyl (C=O) groups excluding carboxylic acids is 2. The van der Waals surface area contributed by atoms with E-state index in [2.05, 4.69) is 10.6 Å². The molecule has 1 aromatic rings. The Bertz CT molecular complexity index is 555. The van der Waals surface area contributed by atoms with E-state index in [0.29, 0.717) is 0 Å². The van der Waals surface area contributed by atoms with Crippen molar-refractivity contribution in [3.05, 3.63) is 24.3 Å². The lowest BCUT2D eigenvalue weighted by atomic mass is 9.95. The maximum Gasteiger partial charge on any atom is 0.244 e. The largest absolute Gasteiger partial charge is 0.374 e. The van der Waals surface area contributed by atoms with E-state index in [1.165, 1.54) is 0 Å². The number of likely N-dealkylation sites (tertiary alicyclic amines) is 1. The number of hydrogen-bond donors (Lipinski definition) is 2. The zero-order chi connectivity index (χ0) is 17.0. The maximum absolute atomic E-state index is 12.3. The SMILES string of the molecule is CC(Nc1ccc(NC(=O)C(C)(C)C)cc1)C(=O)N1CCCC1. The van der Waals surface area contributed by atoms with Crippen molar-refractivity contribution in [2.24, 2.45) is 5.41 Å². The van der Waals surface area contributed by atoms with Crippen LogP contribution >= 0.6 is 0 Å². The van der Waals surface area contributed by atoms with Crippen molar-refractivity contribution in [2.75, 3.05) is 23.7 Å². The summed E-state index contributed by atoms with van der Waals surface area (Å²) in [6.45, 7) is 9.25. The summed E-state index contributed by atoms with van der Waals surface area (Å²) in [6, 6.07) is 7.21. The maximum atomic E-state index is 12.3. The molecule has 1 atom stereocenters. The van der Waals surface area contributed by atoms with Crippen molar-refractivity contribution in [1.82, 2.24) is 4.90 Å². The molecule has 1 fully saturated rings. The van der Waals surface area contributed by atoms with Crippen LogP contribution in [0.25, 0.3) is 0 Å². The summed E-state index contributed by atoms with van der Waals surface area (Å²) in [4.78, 5) is 26.1. The third-order valence-electron chi connectivity index (χ3n) is 4.00. The normalized spacial score (nSPS) is 16.1. The number of nitrogens with zero attached hydrogens (tertiary/aromatic N) is 1. The lowest BCUT2D eigenvalue weighted by Crippen LogP contribution is -2.39. The van der Waals surface area contributed by atoms with Crippen molar-refractivity contribution in [2.45, 2.75) is 46.6 Å². The average molecular weight is 317 g/mol. The van der Waals surface area contributed by atoms with Gasteiger partial charge in [-0.1, -0.05) is 20.8 Å². The molecular weight excluding hydrogens is 290 g/mol. The second-order valence-electron chi connectivity index (χ2n) is 7.18. The first-order valence-corrected chi connectivity index (χ1v) is 8.24. The Labute approximate surface area is 138 Å². The first kappa shape index (κ1) is 17.3. The minimum Gasteiger partial charge on any atom is -0.374 e. The van der Waals surface area contributed by atoms with E-state index in [1.54, 1.807) is 0 Å². The summed E-state index contributed by atoms with van der Waals surface area (Å²) in [7, 11) is 0. The minimum atomic E-state index is -0.423. The van der Waals surface area contributed by atoms with Gasteiger partial charge >= 0.3 is 0 Å². The Hall–Kier alpha value is -2.04. The van der Waals surface area contributed by atoms with Crippen molar-refractivity contribution >= 4 is 23.2 Å². The van der Waals surface area contributed by atoms with Crippen LogP contribution in [0.4, 0.5) is 11.4 Å². The van der Waals surface area contributed by atoms with Crippen molar-refractivity contribution in [3.8, 4) is 0 Å². The highest BCUT2D eigenvalue weighted by Gasteiger charge is 2.23. The number of benzene rings is 1. The number of amides is 2. The lowest BCUT2D eigenvalue weighted by molar-refractivity contribution is -0.130. The predicted molar refractivity (Wildman–Crippen MR) is 93.4 cm³/mol. The standard InChI is InChI=1S/C18H27N3O2/c1-13(16(22)21-11-5-6-12-21)19-14-7-9-15(10-8-14)20-17(23)18(2,3)4/h7-10,13,19H,5-6,11-12H2,1-4H3,(H,20,23). The highest BCUT2D eigenvalue weighted by molar-refractivity contribution is 5.94. The lowest BCUT2D eigenvalue weighted by Gasteiger charge is -2.22. The molecular formula is C18H27N3O2. The molecule has 1 aromatic carbocycles. The van der Waals surface area contributed by atoms with E-state index in [4.69, 9.17) is 0 Å². The summed E-state index contributed by atoms with van der Waals surface area (Å²) in [5.41, 5.74) is 1.21. The van der Waals surface area contributed by atoms with Gasteiger partial charge in [-0.25, -0.2) is 0 Å². The van der Waals surface area contributed by atoms with Gasteiger partial charge in [0.2, 0.25) is 11.8 Å². The van der Waals surface area contributed by atoms with Crippen LogP contribution in [0.3, 0.4) is 0 Å². The molecule has 0 bridgehead atoms. The number of nitrogens with one attached hydrogen (secondary N) is 2. The quantitative estimate of drug-likeness (QED) is 0.897. The monoisotopic (exact) mass is 317 g/mol. The van der Waals surface area contributed by atoms with Crippen molar-refractivity contribution in [3.63, 3.8) is 0 Å². The molecule has 1 unspecified atom stereocenters. The van der Waals surface area contributed by atoms with E-state index >= 15 is 0 Å². The smallest absolute Gasteiger partial charge is 0.244 e. The van der Waals surface area contributed by atoms with E-state index < -0.39 is 5.41 Å². The van der Waals surface area contributed by atoms with Crippen LogP contribution in [0.1, 0.15) is 40.5 Å². The molecule has 2 N–H and O–H groups in total. The van der Waals surface area contributed by atoms with Gasteiger partial charge < -0.3 is 15.5 Å². The molecule has 5 heteroatoms. The first-order chi connectivity index (χ1) is 10.8. The second-order valence-corrected chi connectivity index (χ2v) is 7.18. The van der Waals surface area contributed by atoms with E-state index in [0.717, 1.165) is 37.3 Å². The van der Waals surface area contributed by atoms with Gasteiger partial charge in [0.05, 0.1) is 0 Å². The van der Waals surface area contributed by atoms with Crippen molar-refractivity contribution in [1.29, 1.82) is 0 Å². The van der Waals surface area contributed by atoms with E-state index in [1.807, 2.05) is 56.9 Å². The first-order valence-electron chi connectivity index (χ1n) is 8.24. The third kappa shape index (κ3) is 4.71. The van der Waals surface area contributed by atoms with Crippen molar-refractivity contribution < 1.29 is 9.59 Å². The fraction of sp³-hybridized carbons (Fsp3) is 0.556. The second kappa shape index (κ2) is 7.02. The Morgan fingerprint density at radius 1 is 1.04 bits per heavy atom. The number of rotatable bonds is 4. The Morgan fingerprint density at radius 3 is 2.09 bits per heavy atom. The van der Waals surface area contributed by atoms with Crippen LogP contribution in [-0.2, 0) is 9.59 Å². The van der Waals surface area contributed by atoms with Crippen LogP contribution in [0, 0.1) is 5.41 Å². The fourth-order valence-corrected chi connectivity index (χ4v) is 2.49. The van der Waals surface area contributed by atoms with Gasteiger partial charge in [-0.3, -0.25) is 9.59 Å². The van der Waals surface area contributed by atoms with Crippen LogP contribution < -0.4 is 10.6 Å². The molecule has 0 aromatic heterocycles. The van der Waals surface area contributed by atoms with Gasteiger partial charge in [0.15, 0.2) is 0 Å². The Morgan fingerprint density at radius 2 is 1.57 bits per heavy atom. The average Bonchev–Trinajstić information content (AvgIpc) is 3.01. The fourth-order valence-electron chi connectivity index (χ4n) is 2.49. The Kier molecular flexibility index (Phi) is 5.29. The van der Waals surface area contributed by atoms with Crippen LogP contribution in [0.15, 0.2) is 24.3 Å². The topological polar surface area (TPSA) is 61.4 Å². The molecule has 5 nitrogen and oxygen atoms in total. The summed E-state index contributed by atoms with van der Waals surface area (Å²) >= 11 is 0. The van der Waals surface area contributed by atoms with Crippen LogP contribution in [0.5, 0.6) is 0 Å². The van der Waals surface area contributed by atoms with E-state index in [-0.39, 0.29) is 17.9 Å². The molecule has 23 heavy (non-hydrogen) atoms. The van der Waals surface area contributed by atoms with Gasteiger partial charge in [0, 0.05) is 29.9 Å². The van der Waals surface area contributed by atoms with E-state index in [9.17, 15) is 9.59 Å². The highest BCUT2D eigenvalue weighted by Crippen LogP contribution is 2.20. The summed E-state index contributed by atoms with van der Waals surface area (Å²) in [5.74, 6) is 0.128. The minimum absolute atomic E-state index is 0.0178.